The Bertz CT molecular complexity index is 381. The second kappa shape index (κ2) is 4.44. The Kier molecular flexibility index (Phi) is 3.26. The number of isocyanates is 1. The molecule has 0 atom stereocenters. The van der Waals surface area contributed by atoms with Crippen molar-refractivity contribution in [1.82, 2.24) is 0 Å². The van der Waals surface area contributed by atoms with Gasteiger partial charge in [-0.2, -0.15) is 0 Å². The van der Waals surface area contributed by atoms with Crippen molar-refractivity contribution in [3.63, 3.8) is 0 Å². The van der Waals surface area contributed by atoms with E-state index in [0.29, 0.717) is 16.9 Å². The molecule has 0 aromatic heterocycles. The van der Waals surface area contributed by atoms with Crippen molar-refractivity contribution < 1.29 is 14.6 Å². The minimum Gasteiger partial charge on any atom is -0.507 e. The predicted octanol–water partition coefficient (Wildman–Crippen LogP) is 1.55. The minimum atomic E-state index is 0.114. The summed E-state index contributed by atoms with van der Waals surface area (Å²) in [4.78, 5) is 13.3. The second-order valence-corrected chi connectivity index (χ2v) is 2.81. The molecule has 0 aliphatic rings. The molecule has 0 radical (unpaired) electrons. The van der Waals surface area contributed by atoms with E-state index in [9.17, 15) is 9.90 Å². The number of carbonyl (C=O) groups excluding carboxylic acids is 1. The molecular weight excluding hydrogens is 182 g/mol. The zero-order valence-corrected chi connectivity index (χ0v) is 8.07. The van der Waals surface area contributed by atoms with E-state index in [-0.39, 0.29) is 12.3 Å². The van der Waals surface area contributed by atoms with E-state index in [0.717, 1.165) is 0 Å². The number of nitrogens with zero attached hydrogens (tertiary/aromatic N) is 1. The first-order valence-corrected chi connectivity index (χ1v) is 4.09. The Morgan fingerprint density at radius 2 is 2.29 bits per heavy atom. The van der Waals surface area contributed by atoms with Crippen molar-refractivity contribution in [2.24, 2.45) is 4.99 Å². The van der Waals surface area contributed by atoms with Gasteiger partial charge in [-0.05, 0) is 19.1 Å². The van der Waals surface area contributed by atoms with Gasteiger partial charge < -0.3 is 9.84 Å². The van der Waals surface area contributed by atoms with E-state index in [1.165, 1.54) is 13.2 Å². The van der Waals surface area contributed by atoms with Crippen LogP contribution < -0.4 is 4.74 Å². The lowest BCUT2D eigenvalue weighted by Gasteiger charge is -2.08. The van der Waals surface area contributed by atoms with Crippen LogP contribution in [0.15, 0.2) is 17.1 Å². The van der Waals surface area contributed by atoms with Gasteiger partial charge in [0.25, 0.3) is 0 Å². The fraction of sp³-hybridized carbons (Fsp3) is 0.300. The van der Waals surface area contributed by atoms with Gasteiger partial charge in [-0.25, -0.2) is 9.79 Å². The first-order valence-electron chi connectivity index (χ1n) is 4.09. The molecule has 0 unspecified atom stereocenters. The summed E-state index contributed by atoms with van der Waals surface area (Å²) >= 11 is 0. The normalized spacial score (nSPS) is 9.29. The molecule has 1 aromatic carbocycles. The molecule has 1 rings (SSSR count). The largest absolute Gasteiger partial charge is 0.507 e. The van der Waals surface area contributed by atoms with Gasteiger partial charge in [-0.1, -0.05) is 0 Å². The molecule has 1 N–H and O–H groups in total. The summed E-state index contributed by atoms with van der Waals surface area (Å²) in [5.41, 5.74) is 1.23. The highest BCUT2D eigenvalue weighted by Gasteiger charge is 2.08. The zero-order valence-electron chi connectivity index (χ0n) is 8.07. The quantitative estimate of drug-likeness (QED) is 0.585. The maximum atomic E-state index is 9.90. The van der Waals surface area contributed by atoms with Crippen molar-refractivity contribution in [3.8, 4) is 11.5 Å². The van der Waals surface area contributed by atoms with Crippen LogP contribution in [-0.2, 0) is 11.3 Å². The lowest BCUT2D eigenvalue weighted by atomic mass is 10.1. The topological polar surface area (TPSA) is 58.9 Å². The summed E-state index contributed by atoms with van der Waals surface area (Å²) in [5, 5.41) is 9.67. The third-order valence-electron chi connectivity index (χ3n) is 2.00. The van der Waals surface area contributed by atoms with Crippen molar-refractivity contribution >= 4 is 6.08 Å². The Hall–Kier alpha value is -1.80. The first-order chi connectivity index (χ1) is 6.70. The Labute approximate surface area is 81.9 Å². The molecule has 0 spiro atoms. The van der Waals surface area contributed by atoms with Gasteiger partial charge in [0.1, 0.15) is 11.5 Å². The zero-order chi connectivity index (χ0) is 10.6. The standard InChI is InChI=1S/C10H11NO3/c1-7-9(14-2)4-3-8(10(7)13)5-11-6-12/h3-4,13H,5H2,1-2H3. The van der Waals surface area contributed by atoms with Gasteiger partial charge in [0.15, 0.2) is 0 Å². The molecule has 0 aliphatic heterocycles. The van der Waals surface area contributed by atoms with E-state index in [4.69, 9.17) is 4.74 Å². The molecular formula is C10H11NO3. The van der Waals surface area contributed by atoms with Crippen LogP contribution >= 0.6 is 0 Å². The number of hydrogen-bond acceptors (Lipinski definition) is 4. The molecule has 74 valence electrons. The number of phenolic OH excluding ortho intramolecular Hbond substituents is 1. The van der Waals surface area contributed by atoms with Crippen LogP contribution in [0.1, 0.15) is 11.1 Å². The fourth-order valence-electron chi connectivity index (χ4n) is 1.20. The molecule has 0 bridgehead atoms. The summed E-state index contributed by atoms with van der Waals surface area (Å²) in [6.07, 6.45) is 1.42. The van der Waals surface area contributed by atoms with E-state index >= 15 is 0 Å². The number of benzene rings is 1. The molecule has 1 aromatic rings. The third-order valence-corrected chi connectivity index (χ3v) is 2.00. The van der Waals surface area contributed by atoms with Gasteiger partial charge >= 0.3 is 0 Å². The maximum Gasteiger partial charge on any atom is 0.235 e. The minimum absolute atomic E-state index is 0.114. The van der Waals surface area contributed by atoms with Gasteiger partial charge in [0.2, 0.25) is 6.08 Å². The number of phenols is 1. The van der Waals surface area contributed by atoms with Crippen LogP contribution in [0.5, 0.6) is 11.5 Å². The fourth-order valence-corrected chi connectivity index (χ4v) is 1.20. The monoisotopic (exact) mass is 193 g/mol. The lowest BCUT2D eigenvalue weighted by molar-refractivity contribution is 0.401. The lowest BCUT2D eigenvalue weighted by Crippen LogP contribution is -1.91. The predicted molar refractivity (Wildman–Crippen MR) is 51.2 cm³/mol. The van der Waals surface area contributed by atoms with Crippen LogP contribution in [0.25, 0.3) is 0 Å². The smallest absolute Gasteiger partial charge is 0.235 e. The molecule has 0 fully saturated rings. The number of hydrogen-bond donors (Lipinski definition) is 1. The molecule has 0 amide bonds. The van der Waals surface area contributed by atoms with Crippen molar-refractivity contribution in [2.45, 2.75) is 13.5 Å². The summed E-state index contributed by atoms with van der Waals surface area (Å²) < 4.78 is 5.02. The van der Waals surface area contributed by atoms with Crippen molar-refractivity contribution in [1.29, 1.82) is 0 Å². The van der Waals surface area contributed by atoms with Gasteiger partial charge in [0.05, 0.1) is 13.7 Å². The molecule has 14 heavy (non-hydrogen) atoms. The molecule has 4 nitrogen and oxygen atoms in total. The Morgan fingerprint density at radius 1 is 1.57 bits per heavy atom. The number of aliphatic imine (C=N–C) groups is 1. The number of aromatic hydroxyl groups is 1. The molecule has 4 heteroatoms. The Morgan fingerprint density at radius 3 is 2.86 bits per heavy atom. The summed E-state index contributed by atoms with van der Waals surface area (Å²) in [6, 6.07) is 3.40. The Balaban J connectivity index is 3.10. The van der Waals surface area contributed by atoms with Gasteiger partial charge in [0, 0.05) is 11.1 Å². The van der Waals surface area contributed by atoms with Crippen LogP contribution in [0.2, 0.25) is 0 Å². The average Bonchev–Trinajstić information content (AvgIpc) is 2.20. The van der Waals surface area contributed by atoms with Crippen LogP contribution in [0, 0.1) is 6.92 Å². The summed E-state index contributed by atoms with van der Waals surface area (Å²) in [6.45, 7) is 1.88. The molecule has 0 aliphatic carbocycles. The van der Waals surface area contributed by atoms with E-state index in [2.05, 4.69) is 4.99 Å². The number of methoxy groups -OCH3 is 1. The average molecular weight is 193 g/mol. The first kappa shape index (κ1) is 10.3. The highest BCUT2D eigenvalue weighted by Crippen LogP contribution is 2.30. The third kappa shape index (κ3) is 1.92. The maximum absolute atomic E-state index is 9.90. The SMILES string of the molecule is COc1ccc(CN=C=O)c(O)c1C. The highest BCUT2D eigenvalue weighted by atomic mass is 16.5. The van der Waals surface area contributed by atoms with Gasteiger partial charge in [-0.15, -0.1) is 0 Å². The second-order valence-electron chi connectivity index (χ2n) is 2.81. The van der Waals surface area contributed by atoms with E-state index in [1.54, 1.807) is 19.1 Å². The molecule has 0 heterocycles. The van der Waals surface area contributed by atoms with E-state index < -0.39 is 0 Å². The molecule has 0 saturated heterocycles. The van der Waals surface area contributed by atoms with Crippen LogP contribution in [-0.4, -0.2) is 18.3 Å². The van der Waals surface area contributed by atoms with Crippen molar-refractivity contribution in [2.75, 3.05) is 7.11 Å². The van der Waals surface area contributed by atoms with Crippen molar-refractivity contribution in [3.05, 3.63) is 23.3 Å². The summed E-state index contributed by atoms with van der Waals surface area (Å²) in [7, 11) is 1.53. The number of rotatable bonds is 3. The van der Waals surface area contributed by atoms with Crippen LogP contribution in [0.4, 0.5) is 0 Å². The summed E-state index contributed by atoms with van der Waals surface area (Å²) in [5.74, 6) is 0.727. The highest BCUT2D eigenvalue weighted by molar-refractivity contribution is 5.48. The number of ether oxygens (including phenoxy) is 1. The molecule has 0 saturated carbocycles. The van der Waals surface area contributed by atoms with Crippen LogP contribution in [0.3, 0.4) is 0 Å². The van der Waals surface area contributed by atoms with E-state index in [1.807, 2.05) is 0 Å². The van der Waals surface area contributed by atoms with Gasteiger partial charge in [-0.3, -0.25) is 0 Å².